The molecule has 1 aliphatic carbocycles. The molecule has 1 aromatic heterocycles. The van der Waals surface area contributed by atoms with E-state index in [0.717, 1.165) is 43.7 Å². The summed E-state index contributed by atoms with van der Waals surface area (Å²) in [5.41, 5.74) is 17.2. The fraction of sp³-hybridized carbons (Fsp3) is 0.0169. The Hall–Kier alpha value is -7.51. The van der Waals surface area contributed by atoms with E-state index in [1.165, 1.54) is 77.2 Å². The van der Waals surface area contributed by atoms with E-state index in [1.807, 2.05) is 36.4 Å². The van der Waals surface area contributed by atoms with Crippen LogP contribution in [0.2, 0.25) is 0 Å². The summed E-state index contributed by atoms with van der Waals surface area (Å²) in [5.74, 6) is 0. The number of para-hydroxylation sites is 3. The molecule has 0 saturated carbocycles. The average molecular weight is 806 g/mol. The minimum atomic E-state index is -3.21. The van der Waals surface area contributed by atoms with E-state index in [0.29, 0.717) is 0 Å². The van der Waals surface area contributed by atoms with Crippen molar-refractivity contribution < 1.29 is 4.57 Å². The Kier molecular flexibility index (Phi) is 6.79. The second kappa shape index (κ2) is 12.3. The zero-order valence-electron chi connectivity index (χ0n) is 33.6. The second-order valence-electron chi connectivity index (χ2n) is 17.1. The normalized spacial score (nSPS) is 17.5. The zero-order chi connectivity index (χ0) is 40.7. The summed E-state index contributed by atoms with van der Waals surface area (Å²) in [6.45, 7) is 0. The molecular weight excluding hydrogens is 770 g/mol. The lowest BCUT2D eigenvalue weighted by Crippen LogP contribution is -2.33. The first-order valence-electron chi connectivity index (χ1n) is 21.4. The van der Waals surface area contributed by atoms with E-state index in [2.05, 4.69) is 187 Å². The summed E-state index contributed by atoms with van der Waals surface area (Å²) in [6.07, 6.45) is 0. The summed E-state index contributed by atoms with van der Waals surface area (Å²) >= 11 is 0. The minimum absolute atomic E-state index is 0.632. The summed E-state index contributed by atoms with van der Waals surface area (Å²) in [4.78, 5) is 0. The Balaban J connectivity index is 1.06. The Bertz CT molecular complexity index is 3780. The van der Waals surface area contributed by atoms with Crippen LogP contribution in [0.4, 0.5) is 0 Å². The molecule has 10 aromatic carbocycles. The van der Waals surface area contributed by atoms with E-state index in [-0.39, 0.29) is 0 Å². The first kappa shape index (κ1) is 34.2. The number of nitrogens with zero attached hydrogens (tertiary/aromatic N) is 1. The standard InChI is InChI=1S/C59H36NOP/c61-62(43-15-2-1-3-16-43)56-24-11-7-18-45(56)49-35-53-48(36-57(49)62)47-34-42(39-27-25-38(26-28-39)41-30-29-37-13-4-5-14-40(37)33-41)31-32-50(47)59(53)51-20-8-10-23-55(51)60-54-22-9-6-17-44(54)46-19-12-21-52(59)58(46)60/h1-36H/t59?,62-/m0/s1. The minimum Gasteiger partial charge on any atom is -0.309 e. The Morgan fingerprint density at radius 2 is 1.02 bits per heavy atom. The molecule has 288 valence electrons. The van der Waals surface area contributed by atoms with Crippen LogP contribution in [-0.4, -0.2) is 4.57 Å². The van der Waals surface area contributed by atoms with Gasteiger partial charge in [-0.25, -0.2) is 0 Å². The van der Waals surface area contributed by atoms with Crippen LogP contribution in [0.3, 0.4) is 0 Å². The monoisotopic (exact) mass is 805 g/mol. The number of aromatic nitrogens is 1. The smallest absolute Gasteiger partial charge is 0.172 e. The van der Waals surface area contributed by atoms with Crippen LogP contribution < -0.4 is 15.9 Å². The van der Waals surface area contributed by atoms with E-state index < -0.39 is 12.6 Å². The first-order chi connectivity index (χ1) is 30.6. The van der Waals surface area contributed by atoms with Gasteiger partial charge in [0.1, 0.15) is 0 Å². The van der Waals surface area contributed by atoms with Crippen LogP contribution in [0, 0.1) is 0 Å². The maximum absolute atomic E-state index is 16.1. The molecule has 0 bridgehead atoms. The molecule has 1 spiro atoms. The van der Waals surface area contributed by atoms with Crippen molar-refractivity contribution >= 4 is 55.6 Å². The number of benzene rings is 10. The second-order valence-corrected chi connectivity index (χ2v) is 19.8. The predicted molar refractivity (Wildman–Crippen MR) is 258 cm³/mol. The number of fused-ring (bicyclic) bond motifs is 16. The van der Waals surface area contributed by atoms with Crippen molar-refractivity contribution in [2.24, 2.45) is 0 Å². The van der Waals surface area contributed by atoms with Gasteiger partial charge in [0.2, 0.25) is 0 Å². The number of hydrogen-bond donors (Lipinski definition) is 0. The zero-order valence-corrected chi connectivity index (χ0v) is 34.5. The van der Waals surface area contributed by atoms with Crippen molar-refractivity contribution in [3.8, 4) is 50.2 Å². The van der Waals surface area contributed by atoms with Crippen molar-refractivity contribution in [3.05, 3.63) is 241 Å². The summed E-state index contributed by atoms with van der Waals surface area (Å²) in [6, 6.07) is 79.4. The van der Waals surface area contributed by atoms with Gasteiger partial charge in [-0.2, -0.15) is 0 Å². The highest BCUT2D eigenvalue weighted by molar-refractivity contribution is 7.86. The third-order valence-electron chi connectivity index (χ3n) is 14.2. The van der Waals surface area contributed by atoms with Gasteiger partial charge in [-0.1, -0.05) is 182 Å². The number of rotatable bonds is 3. The van der Waals surface area contributed by atoms with Crippen LogP contribution in [0.25, 0.3) is 82.8 Å². The Morgan fingerprint density at radius 3 is 1.89 bits per heavy atom. The molecule has 0 N–H and O–H groups in total. The van der Waals surface area contributed by atoms with E-state index >= 15 is 4.57 Å². The van der Waals surface area contributed by atoms with Gasteiger partial charge in [-0.15, -0.1) is 0 Å². The molecule has 3 aliphatic rings. The molecule has 0 saturated heterocycles. The molecule has 2 aliphatic heterocycles. The fourth-order valence-corrected chi connectivity index (χ4v) is 14.6. The van der Waals surface area contributed by atoms with Crippen LogP contribution >= 0.6 is 7.14 Å². The molecule has 62 heavy (non-hydrogen) atoms. The van der Waals surface area contributed by atoms with Gasteiger partial charge in [-0.05, 0) is 114 Å². The maximum Gasteiger partial charge on any atom is 0.172 e. The molecule has 2 atom stereocenters. The molecule has 0 fully saturated rings. The number of hydrogen-bond acceptors (Lipinski definition) is 1. The van der Waals surface area contributed by atoms with E-state index in [4.69, 9.17) is 0 Å². The van der Waals surface area contributed by atoms with Crippen LogP contribution in [0.1, 0.15) is 22.3 Å². The highest BCUT2D eigenvalue weighted by Gasteiger charge is 2.53. The van der Waals surface area contributed by atoms with Crippen molar-refractivity contribution in [3.63, 3.8) is 0 Å². The molecule has 14 rings (SSSR count). The van der Waals surface area contributed by atoms with Gasteiger partial charge in [0.25, 0.3) is 0 Å². The molecule has 3 heteroatoms. The lowest BCUT2D eigenvalue weighted by atomic mass is 9.65. The molecule has 0 radical (unpaired) electrons. The molecule has 3 heterocycles. The SMILES string of the molecule is O=[P@@]1(c2ccccc2)c2ccccc2-c2cc3c(cc21)-c1cc(-c2ccc(-c4ccc5ccccc5c4)cc2)ccc1C31c2ccccc2-n2c3ccccc3c3cccc1c32. The highest BCUT2D eigenvalue weighted by Crippen LogP contribution is 2.63. The molecular formula is C59H36NOP. The van der Waals surface area contributed by atoms with Crippen molar-refractivity contribution in [2.45, 2.75) is 5.41 Å². The van der Waals surface area contributed by atoms with E-state index in [1.54, 1.807) is 0 Å². The lowest BCUT2D eigenvalue weighted by molar-refractivity contribution is 0.593. The van der Waals surface area contributed by atoms with Gasteiger partial charge in [0.15, 0.2) is 7.14 Å². The Morgan fingerprint density at radius 1 is 0.371 bits per heavy atom. The maximum atomic E-state index is 16.1. The van der Waals surface area contributed by atoms with Crippen LogP contribution in [-0.2, 0) is 9.98 Å². The van der Waals surface area contributed by atoms with Gasteiger partial charge >= 0.3 is 0 Å². The first-order valence-corrected chi connectivity index (χ1v) is 23.1. The van der Waals surface area contributed by atoms with Crippen LogP contribution in [0.15, 0.2) is 218 Å². The van der Waals surface area contributed by atoms with E-state index in [9.17, 15) is 0 Å². The predicted octanol–water partition coefficient (Wildman–Crippen LogP) is 13.6. The lowest BCUT2D eigenvalue weighted by Gasteiger charge is -2.39. The fourth-order valence-electron chi connectivity index (χ4n) is 11.5. The summed E-state index contributed by atoms with van der Waals surface area (Å²) < 4.78 is 18.6. The van der Waals surface area contributed by atoms with Gasteiger partial charge in [-0.3, -0.25) is 0 Å². The molecule has 0 amide bonds. The summed E-state index contributed by atoms with van der Waals surface area (Å²) in [5, 5.41) is 7.72. The van der Waals surface area contributed by atoms with Gasteiger partial charge < -0.3 is 9.13 Å². The van der Waals surface area contributed by atoms with Gasteiger partial charge in [0.05, 0.1) is 22.1 Å². The third kappa shape index (κ3) is 4.27. The quantitative estimate of drug-likeness (QED) is 0.163. The topological polar surface area (TPSA) is 22.0 Å². The van der Waals surface area contributed by atoms with Crippen LogP contribution in [0.5, 0.6) is 0 Å². The highest BCUT2D eigenvalue weighted by atomic mass is 31.2. The van der Waals surface area contributed by atoms with Crippen molar-refractivity contribution in [2.75, 3.05) is 0 Å². The molecule has 1 unspecified atom stereocenters. The molecule has 11 aromatic rings. The molecule has 2 nitrogen and oxygen atoms in total. The third-order valence-corrected chi connectivity index (χ3v) is 17.3. The summed E-state index contributed by atoms with van der Waals surface area (Å²) in [7, 11) is -3.21. The van der Waals surface area contributed by atoms with Gasteiger partial charge in [0, 0.05) is 26.7 Å². The average Bonchev–Trinajstić information content (AvgIpc) is 3.92. The Labute approximate surface area is 359 Å². The van der Waals surface area contributed by atoms with Crippen molar-refractivity contribution in [1.29, 1.82) is 0 Å². The largest absolute Gasteiger partial charge is 0.309 e. The van der Waals surface area contributed by atoms with Crippen molar-refractivity contribution in [1.82, 2.24) is 4.57 Å².